The molecule has 0 fully saturated rings. The lowest BCUT2D eigenvalue weighted by Gasteiger charge is -2.13. The zero-order valence-corrected chi connectivity index (χ0v) is 10.2. The maximum Gasteiger partial charge on any atom is 0.137 e. The maximum absolute atomic E-state index is 13.9. The fourth-order valence-electron chi connectivity index (χ4n) is 1.76. The molecule has 0 spiro atoms. The monoisotopic (exact) mass is 247 g/mol. The number of aryl methyl sites for hydroxylation is 1. The number of hydrogen-bond donors (Lipinski definition) is 1. The van der Waals surface area contributed by atoms with Crippen molar-refractivity contribution in [2.24, 2.45) is 0 Å². The minimum absolute atomic E-state index is 0.241. The second-order valence-corrected chi connectivity index (χ2v) is 4.04. The quantitative estimate of drug-likeness (QED) is 0.906. The highest BCUT2D eigenvalue weighted by Gasteiger charge is 2.16. The van der Waals surface area contributed by atoms with E-state index in [1.807, 2.05) is 0 Å². The summed E-state index contributed by atoms with van der Waals surface area (Å²) in [7, 11) is 1.51. The number of nitrogens with zero attached hydrogens (tertiary/aromatic N) is 1. The van der Waals surface area contributed by atoms with E-state index in [4.69, 9.17) is 4.74 Å². The number of benzene rings is 1. The van der Waals surface area contributed by atoms with Gasteiger partial charge in [-0.05, 0) is 18.6 Å². The number of ether oxygens (including phenoxy) is 1. The zero-order chi connectivity index (χ0) is 13.1. The van der Waals surface area contributed by atoms with Gasteiger partial charge >= 0.3 is 0 Å². The van der Waals surface area contributed by atoms with Crippen LogP contribution >= 0.6 is 0 Å². The molecular weight excluding hydrogens is 233 g/mol. The third kappa shape index (κ3) is 2.33. The summed E-state index contributed by atoms with van der Waals surface area (Å²) in [5, 5.41) is 10.2. The van der Waals surface area contributed by atoms with Crippen molar-refractivity contribution in [2.45, 2.75) is 13.0 Å². The minimum atomic E-state index is -1.05. The zero-order valence-electron chi connectivity index (χ0n) is 10.2. The summed E-state index contributed by atoms with van der Waals surface area (Å²) in [6.45, 7) is 1.66. The van der Waals surface area contributed by atoms with Crippen LogP contribution in [0.15, 0.2) is 36.7 Å². The van der Waals surface area contributed by atoms with E-state index in [0.717, 1.165) is 0 Å². The molecule has 0 aliphatic heterocycles. The van der Waals surface area contributed by atoms with E-state index in [1.165, 1.54) is 19.5 Å². The van der Waals surface area contributed by atoms with E-state index in [1.54, 1.807) is 31.2 Å². The van der Waals surface area contributed by atoms with E-state index < -0.39 is 11.9 Å². The normalized spacial score (nSPS) is 12.2. The lowest BCUT2D eigenvalue weighted by Crippen LogP contribution is -2.04. The summed E-state index contributed by atoms with van der Waals surface area (Å²) in [4.78, 5) is 3.95. The van der Waals surface area contributed by atoms with E-state index in [2.05, 4.69) is 4.98 Å². The third-order valence-corrected chi connectivity index (χ3v) is 2.80. The fraction of sp³-hybridized carbons (Fsp3) is 0.214. The van der Waals surface area contributed by atoms with Gasteiger partial charge in [-0.15, -0.1) is 0 Å². The summed E-state index contributed by atoms with van der Waals surface area (Å²) in [5.41, 5.74) is 1.24. The summed E-state index contributed by atoms with van der Waals surface area (Å²) in [5.74, 6) is 0.132. The van der Waals surface area contributed by atoms with Crippen LogP contribution in [0.5, 0.6) is 5.75 Å². The molecule has 2 aromatic rings. The van der Waals surface area contributed by atoms with Gasteiger partial charge in [0, 0.05) is 17.3 Å². The van der Waals surface area contributed by atoms with Crippen molar-refractivity contribution in [1.29, 1.82) is 0 Å². The van der Waals surface area contributed by atoms with Crippen LogP contribution in [0.1, 0.15) is 22.8 Å². The first kappa shape index (κ1) is 12.5. The second-order valence-electron chi connectivity index (χ2n) is 4.04. The number of aliphatic hydroxyl groups excluding tert-OH is 1. The van der Waals surface area contributed by atoms with Gasteiger partial charge in [0.2, 0.25) is 0 Å². The summed E-state index contributed by atoms with van der Waals surface area (Å²) in [6, 6.07) is 6.58. The Morgan fingerprint density at radius 1 is 1.33 bits per heavy atom. The van der Waals surface area contributed by atoms with Gasteiger partial charge in [-0.25, -0.2) is 4.39 Å². The predicted octanol–water partition coefficient (Wildman–Crippen LogP) is 2.62. The molecule has 3 nitrogen and oxygen atoms in total. The van der Waals surface area contributed by atoms with Crippen LogP contribution in [0.4, 0.5) is 4.39 Å². The van der Waals surface area contributed by atoms with Crippen molar-refractivity contribution in [2.75, 3.05) is 7.11 Å². The number of methoxy groups -OCH3 is 1. The first-order valence-corrected chi connectivity index (χ1v) is 5.55. The summed E-state index contributed by atoms with van der Waals surface area (Å²) >= 11 is 0. The molecule has 0 saturated carbocycles. The molecule has 1 heterocycles. The van der Waals surface area contributed by atoms with Gasteiger partial charge in [0.25, 0.3) is 0 Å². The van der Waals surface area contributed by atoms with Crippen LogP contribution in [-0.4, -0.2) is 17.2 Å². The molecule has 1 aromatic heterocycles. The standard InChI is InChI=1S/C14H14FNO2/c1-9-4-3-5-12(13(9)15)14(17)10-6-11(18-2)8-16-7-10/h3-8,14,17H,1-2H3. The topological polar surface area (TPSA) is 42.4 Å². The lowest BCUT2D eigenvalue weighted by atomic mass is 10.0. The molecule has 0 aliphatic carbocycles. The van der Waals surface area contributed by atoms with E-state index in [0.29, 0.717) is 16.9 Å². The first-order chi connectivity index (χ1) is 8.63. The summed E-state index contributed by atoms with van der Waals surface area (Å²) < 4.78 is 18.9. The van der Waals surface area contributed by atoms with Gasteiger partial charge < -0.3 is 9.84 Å². The SMILES string of the molecule is COc1cncc(C(O)c2cccc(C)c2F)c1. The molecule has 0 bridgehead atoms. The highest BCUT2D eigenvalue weighted by atomic mass is 19.1. The second kappa shape index (κ2) is 5.14. The van der Waals surface area contributed by atoms with Gasteiger partial charge in [0.1, 0.15) is 17.7 Å². The van der Waals surface area contributed by atoms with Gasteiger partial charge in [0.15, 0.2) is 0 Å². The Balaban J connectivity index is 2.41. The van der Waals surface area contributed by atoms with Crippen molar-refractivity contribution >= 4 is 0 Å². The molecule has 1 unspecified atom stereocenters. The Kier molecular flexibility index (Phi) is 3.58. The average molecular weight is 247 g/mol. The molecule has 0 saturated heterocycles. The van der Waals surface area contributed by atoms with Gasteiger partial charge in [-0.3, -0.25) is 4.98 Å². The smallest absolute Gasteiger partial charge is 0.137 e. The predicted molar refractivity (Wildman–Crippen MR) is 66.0 cm³/mol. The molecule has 2 rings (SSSR count). The van der Waals surface area contributed by atoms with E-state index >= 15 is 0 Å². The maximum atomic E-state index is 13.9. The van der Waals surface area contributed by atoms with Crippen molar-refractivity contribution in [3.63, 3.8) is 0 Å². The van der Waals surface area contributed by atoms with Crippen LogP contribution < -0.4 is 4.74 Å². The molecule has 0 radical (unpaired) electrons. The van der Waals surface area contributed by atoms with Gasteiger partial charge in [-0.1, -0.05) is 18.2 Å². The third-order valence-electron chi connectivity index (χ3n) is 2.80. The number of pyridine rings is 1. The minimum Gasteiger partial charge on any atom is -0.495 e. The van der Waals surface area contributed by atoms with Crippen molar-refractivity contribution in [3.8, 4) is 5.75 Å². The summed E-state index contributed by atoms with van der Waals surface area (Å²) in [6.07, 6.45) is 1.98. The first-order valence-electron chi connectivity index (χ1n) is 5.55. The molecule has 0 aliphatic rings. The number of halogens is 1. The molecule has 94 valence electrons. The number of aromatic nitrogens is 1. The van der Waals surface area contributed by atoms with Crippen LogP contribution in [0.25, 0.3) is 0 Å². The van der Waals surface area contributed by atoms with Crippen LogP contribution in [0, 0.1) is 12.7 Å². The van der Waals surface area contributed by atoms with Crippen molar-refractivity contribution < 1.29 is 14.2 Å². The molecule has 4 heteroatoms. The molecular formula is C14H14FNO2. The highest BCUT2D eigenvalue weighted by Crippen LogP contribution is 2.27. The van der Waals surface area contributed by atoms with E-state index in [-0.39, 0.29) is 5.56 Å². The molecule has 1 aromatic carbocycles. The molecule has 1 N–H and O–H groups in total. The number of aliphatic hydroxyl groups is 1. The number of rotatable bonds is 3. The van der Waals surface area contributed by atoms with Crippen molar-refractivity contribution in [3.05, 3.63) is 59.2 Å². The average Bonchev–Trinajstić information content (AvgIpc) is 2.41. The Morgan fingerprint density at radius 2 is 2.11 bits per heavy atom. The Labute approximate surface area is 105 Å². The largest absolute Gasteiger partial charge is 0.495 e. The molecule has 0 amide bonds. The van der Waals surface area contributed by atoms with Gasteiger partial charge in [-0.2, -0.15) is 0 Å². The van der Waals surface area contributed by atoms with Crippen LogP contribution in [0.3, 0.4) is 0 Å². The van der Waals surface area contributed by atoms with Crippen LogP contribution in [-0.2, 0) is 0 Å². The lowest BCUT2D eigenvalue weighted by molar-refractivity contribution is 0.213. The fourth-order valence-corrected chi connectivity index (χ4v) is 1.76. The van der Waals surface area contributed by atoms with Gasteiger partial charge in [0.05, 0.1) is 13.3 Å². The molecule has 18 heavy (non-hydrogen) atoms. The Morgan fingerprint density at radius 3 is 2.83 bits per heavy atom. The molecule has 1 atom stereocenters. The number of hydrogen-bond acceptors (Lipinski definition) is 3. The van der Waals surface area contributed by atoms with Crippen LogP contribution in [0.2, 0.25) is 0 Å². The Bertz CT molecular complexity index is 557. The van der Waals surface area contributed by atoms with Crippen molar-refractivity contribution in [1.82, 2.24) is 4.98 Å². The van der Waals surface area contributed by atoms with E-state index in [9.17, 15) is 9.50 Å². The Hall–Kier alpha value is -1.94. The highest BCUT2D eigenvalue weighted by molar-refractivity contribution is 5.35.